The zero-order chi connectivity index (χ0) is 15.3. The van der Waals surface area contributed by atoms with Gasteiger partial charge in [0, 0.05) is 13.0 Å². The number of amides is 1. The molecule has 114 valence electrons. The van der Waals surface area contributed by atoms with Gasteiger partial charge in [0.05, 0.1) is 12.6 Å². The van der Waals surface area contributed by atoms with Gasteiger partial charge in [0.25, 0.3) is 0 Å². The number of hydrogen-bond donors (Lipinski definition) is 1. The van der Waals surface area contributed by atoms with Crippen LogP contribution in [0.2, 0.25) is 0 Å². The highest BCUT2D eigenvalue weighted by Crippen LogP contribution is 2.39. The van der Waals surface area contributed by atoms with Gasteiger partial charge in [-0.05, 0) is 6.42 Å². The van der Waals surface area contributed by atoms with Gasteiger partial charge in [-0.25, -0.2) is 0 Å². The van der Waals surface area contributed by atoms with Crippen molar-refractivity contribution >= 4 is 17.5 Å². The molecule has 0 aromatic rings. The summed E-state index contributed by atoms with van der Waals surface area (Å²) in [5.74, 6) is -6.27. The van der Waals surface area contributed by atoms with Crippen LogP contribution in [0.5, 0.6) is 0 Å². The summed E-state index contributed by atoms with van der Waals surface area (Å²) in [6.07, 6.45) is -11.4. The highest BCUT2D eigenvalue weighted by atomic mass is 35.5. The molecule has 1 N–H and O–H groups in total. The van der Waals surface area contributed by atoms with Crippen molar-refractivity contribution in [2.75, 3.05) is 19.6 Å². The number of carbonyl (C=O) groups is 1. The Hall–Kier alpha value is -0.700. The monoisotopic (exact) mass is 315 g/mol. The fourth-order valence-corrected chi connectivity index (χ4v) is 1.56. The molecule has 0 aliphatic rings. The van der Waals surface area contributed by atoms with Gasteiger partial charge >= 0.3 is 12.4 Å². The van der Waals surface area contributed by atoms with E-state index in [9.17, 15) is 31.1 Å². The van der Waals surface area contributed by atoms with Crippen LogP contribution in [0.15, 0.2) is 0 Å². The molecule has 1 unspecified atom stereocenters. The first kappa shape index (κ1) is 18.3. The Balaban J connectivity index is 4.91. The van der Waals surface area contributed by atoms with Crippen molar-refractivity contribution in [3.8, 4) is 0 Å². The first-order valence-electron chi connectivity index (χ1n) is 5.02. The average Bonchev–Trinajstić information content (AvgIpc) is 2.12. The highest BCUT2D eigenvalue weighted by Gasteiger charge is 2.61. The van der Waals surface area contributed by atoms with Gasteiger partial charge in [0.15, 0.2) is 0 Å². The lowest BCUT2D eigenvalue weighted by Gasteiger charge is -2.25. The third kappa shape index (κ3) is 6.33. The predicted molar refractivity (Wildman–Crippen MR) is 54.7 cm³/mol. The third-order valence-electron chi connectivity index (χ3n) is 2.09. The summed E-state index contributed by atoms with van der Waals surface area (Å²) in [5.41, 5.74) is 0. The Kier molecular flexibility index (Phi) is 6.92. The molecule has 0 saturated carbocycles. The maximum atomic E-state index is 12.3. The van der Waals surface area contributed by atoms with Gasteiger partial charge in [-0.3, -0.25) is 4.79 Å². The largest absolute Gasteiger partial charge is 0.409 e. The fraction of sp³-hybridized carbons (Fsp3) is 0.889. The molecule has 1 atom stereocenters. The summed E-state index contributed by atoms with van der Waals surface area (Å²) in [4.78, 5) is 11.1. The van der Waals surface area contributed by atoms with Crippen molar-refractivity contribution in [3.63, 3.8) is 0 Å². The van der Waals surface area contributed by atoms with Crippen molar-refractivity contribution in [3.05, 3.63) is 0 Å². The van der Waals surface area contributed by atoms with E-state index in [2.05, 4.69) is 4.74 Å². The first-order valence-corrected chi connectivity index (χ1v) is 5.56. The molecule has 0 aliphatic heterocycles. The van der Waals surface area contributed by atoms with Crippen LogP contribution in [-0.2, 0) is 9.53 Å². The summed E-state index contributed by atoms with van der Waals surface area (Å²) in [7, 11) is 1.19. The van der Waals surface area contributed by atoms with Gasteiger partial charge in [-0.2, -0.15) is 26.3 Å². The average molecular weight is 316 g/mol. The van der Waals surface area contributed by atoms with Crippen LogP contribution in [0.4, 0.5) is 26.3 Å². The number of methoxy groups -OCH3 is 1. The van der Waals surface area contributed by atoms with Crippen LogP contribution in [0.3, 0.4) is 0 Å². The number of rotatable bonds is 6. The van der Waals surface area contributed by atoms with Crippen LogP contribution >= 0.6 is 11.6 Å². The van der Waals surface area contributed by atoms with Crippen LogP contribution in [0, 0.1) is 5.92 Å². The summed E-state index contributed by atoms with van der Waals surface area (Å²) >= 11 is 5.32. The Morgan fingerprint density at radius 2 is 1.68 bits per heavy atom. The van der Waals surface area contributed by atoms with E-state index in [1.54, 1.807) is 5.32 Å². The van der Waals surface area contributed by atoms with Gasteiger partial charge in [0.1, 0.15) is 0 Å². The van der Waals surface area contributed by atoms with Crippen molar-refractivity contribution in [1.82, 2.24) is 5.32 Å². The Bertz CT molecular complexity index is 273. The summed E-state index contributed by atoms with van der Waals surface area (Å²) < 4.78 is 78.1. The maximum Gasteiger partial charge on any atom is 0.409 e. The van der Waals surface area contributed by atoms with E-state index in [0.717, 1.165) is 0 Å². The number of hydrogen-bond acceptors (Lipinski definition) is 2. The van der Waals surface area contributed by atoms with E-state index in [-0.39, 0.29) is 18.9 Å². The Morgan fingerprint density at radius 3 is 2.00 bits per heavy atom. The number of nitrogens with one attached hydrogen (secondary N) is 1. The van der Waals surface area contributed by atoms with Crippen molar-refractivity contribution in [1.29, 1.82) is 0 Å². The van der Waals surface area contributed by atoms with E-state index in [0.29, 0.717) is 0 Å². The number of halogens is 7. The molecule has 0 heterocycles. The Labute approximate surface area is 110 Å². The molecule has 3 nitrogen and oxygen atoms in total. The molecule has 10 heteroatoms. The SMILES string of the molecule is COCC(CCCl)NC(=O)C(C(F)(F)F)C(F)(F)F. The topological polar surface area (TPSA) is 38.3 Å². The number of carbonyl (C=O) groups excluding carboxylic acids is 1. The number of ether oxygens (including phenoxy) is 1. The normalized spacial score (nSPS) is 14.6. The molecular weight excluding hydrogens is 304 g/mol. The zero-order valence-electron chi connectivity index (χ0n) is 9.74. The highest BCUT2D eigenvalue weighted by molar-refractivity contribution is 6.17. The molecule has 0 fully saturated rings. The van der Waals surface area contributed by atoms with E-state index >= 15 is 0 Å². The molecule has 0 radical (unpaired) electrons. The minimum Gasteiger partial charge on any atom is -0.383 e. The first-order chi connectivity index (χ1) is 8.54. The van der Waals surface area contributed by atoms with Gasteiger partial charge < -0.3 is 10.1 Å². The van der Waals surface area contributed by atoms with E-state index in [4.69, 9.17) is 11.6 Å². The quantitative estimate of drug-likeness (QED) is 0.604. The van der Waals surface area contributed by atoms with E-state index < -0.39 is 30.2 Å². The number of alkyl halides is 7. The lowest BCUT2D eigenvalue weighted by Crippen LogP contribution is -2.51. The standard InChI is InChI=1S/C9H12ClF6NO2/c1-19-4-5(2-3-10)17-7(18)6(8(11,12)13)9(14,15)16/h5-6H,2-4H2,1H3,(H,17,18). The molecule has 19 heavy (non-hydrogen) atoms. The van der Waals surface area contributed by atoms with Crippen LogP contribution in [0.25, 0.3) is 0 Å². The Morgan fingerprint density at radius 1 is 1.21 bits per heavy atom. The fourth-order valence-electron chi connectivity index (χ4n) is 1.30. The molecule has 0 bridgehead atoms. The second kappa shape index (κ2) is 7.18. The molecule has 0 rings (SSSR count). The minimum absolute atomic E-state index is 0.0103. The third-order valence-corrected chi connectivity index (χ3v) is 2.31. The van der Waals surface area contributed by atoms with Gasteiger partial charge in [0.2, 0.25) is 11.8 Å². The molecule has 0 saturated heterocycles. The van der Waals surface area contributed by atoms with Gasteiger partial charge in [-0.15, -0.1) is 11.6 Å². The predicted octanol–water partition coefficient (Wildman–Crippen LogP) is 2.49. The van der Waals surface area contributed by atoms with Crippen molar-refractivity contribution in [2.45, 2.75) is 24.8 Å². The second-order valence-corrected chi connectivity index (χ2v) is 4.03. The minimum atomic E-state index is -5.71. The maximum absolute atomic E-state index is 12.3. The van der Waals surface area contributed by atoms with E-state index in [1.165, 1.54) is 7.11 Å². The lowest BCUT2D eigenvalue weighted by atomic mass is 10.1. The molecule has 0 aliphatic carbocycles. The molecule has 0 spiro atoms. The second-order valence-electron chi connectivity index (χ2n) is 3.65. The lowest BCUT2D eigenvalue weighted by molar-refractivity contribution is -0.274. The summed E-state index contributed by atoms with van der Waals surface area (Å²) in [5, 5.41) is 1.64. The van der Waals surface area contributed by atoms with Crippen LogP contribution in [-0.4, -0.2) is 43.9 Å². The van der Waals surface area contributed by atoms with Crippen LogP contribution < -0.4 is 5.32 Å². The van der Waals surface area contributed by atoms with Gasteiger partial charge in [-0.1, -0.05) is 0 Å². The van der Waals surface area contributed by atoms with Crippen molar-refractivity contribution in [2.24, 2.45) is 5.92 Å². The summed E-state index contributed by atoms with van der Waals surface area (Å²) in [6.45, 7) is -0.235. The summed E-state index contributed by atoms with van der Waals surface area (Å²) in [6, 6.07) is -1.01. The zero-order valence-corrected chi connectivity index (χ0v) is 10.5. The van der Waals surface area contributed by atoms with Crippen molar-refractivity contribution < 1.29 is 35.9 Å². The van der Waals surface area contributed by atoms with Crippen LogP contribution in [0.1, 0.15) is 6.42 Å². The molecule has 1 amide bonds. The molecule has 0 aromatic carbocycles. The smallest absolute Gasteiger partial charge is 0.383 e. The molecule has 0 aromatic heterocycles. The van der Waals surface area contributed by atoms with E-state index in [1.807, 2.05) is 0 Å². The molecular formula is C9H12ClF6NO2.